The van der Waals surface area contributed by atoms with Gasteiger partial charge in [0.25, 0.3) is 0 Å². The zero-order valence-corrected chi connectivity index (χ0v) is 12.1. The Kier molecular flexibility index (Phi) is 6.78. The number of benzene rings is 1. The predicted octanol–water partition coefficient (Wildman–Crippen LogP) is 2.47. The normalized spacial score (nSPS) is 14.2. The van der Waals surface area contributed by atoms with Crippen LogP contribution in [-0.4, -0.2) is 33.4 Å². The Hall–Kier alpha value is -0.490. The molecule has 3 nitrogen and oxygen atoms in total. The van der Waals surface area contributed by atoms with Crippen LogP contribution in [0.1, 0.15) is 25.0 Å². The molecule has 5 heteroatoms. The molecule has 1 aromatic carbocycles. The van der Waals surface area contributed by atoms with Crippen molar-refractivity contribution in [3.8, 4) is 0 Å². The van der Waals surface area contributed by atoms with E-state index in [0.717, 1.165) is 4.90 Å². The molecule has 0 aliphatic heterocycles. The fourth-order valence-corrected chi connectivity index (χ4v) is 2.64. The van der Waals surface area contributed by atoms with Crippen LogP contribution in [0.5, 0.6) is 0 Å². The van der Waals surface area contributed by atoms with Crippen LogP contribution in [0.4, 0.5) is 0 Å². The lowest BCUT2D eigenvalue weighted by molar-refractivity contribution is -0.109. The third-order valence-electron chi connectivity index (χ3n) is 2.52. The van der Waals surface area contributed by atoms with Gasteiger partial charge < -0.3 is 10.2 Å². The van der Waals surface area contributed by atoms with Gasteiger partial charge in [0.1, 0.15) is 6.10 Å². The molecule has 1 rings (SSSR count). The molecule has 0 radical (unpaired) electrons. The molecule has 0 aliphatic carbocycles. The summed E-state index contributed by atoms with van der Waals surface area (Å²) in [6, 6.07) is 7.49. The molecule has 0 aliphatic rings. The summed E-state index contributed by atoms with van der Waals surface area (Å²) in [4.78, 5) is 11.8. The Morgan fingerprint density at radius 1 is 1.39 bits per heavy atom. The maximum absolute atomic E-state index is 10.8. The average Bonchev–Trinajstić information content (AvgIpc) is 2.37. The summed E-state index contributed by atoms with van der Waals surface area (Å²) in [5.41, 5.74) is 0.710. The van der Waals surface area contributed by atoms with Crippen molar-refractivity contribution in [2.24, 2.45) is 0 Å². The molecule has 0 saturated carbocycles. The molecule has 0 heterocycles. The Bertz CT molecular complexity index is 396. The topological polar surface area (TPSA) is 57.5 Å². The highest BCUT2D eigenvalue weighted by molar-refractivity contribution is 8.13. The first-order valence-electron chi connectivity index (χ1n) is 5.68. The minimum absolute atomic E-state index is 0.0288. The molecule has 2 atom stereocenters. The number of aliphatic hydroxyl groups is 2. The summed E-state index contributed by atoms with van der Waals surface area (Å²) < 4.78 is 0. The average molecular weight is 286 g/mol. The van der Waals surface area contributed by atoms with Crippen LogP contribution in [0.15, 0.2) is 29.2 Å². The van der Waals surface area contributed by atoms with Gasteiger partial charge in [0.05, 0.1) is 6.10 Å². The van der Waals surface area contributed by atoms with Gasteiger partial charge in [-0.3, -0.25) is 4.79 Å². The highest BCUT2D eigenvalue weighted by atomic mass is 32.2. The van der Waals surface area contributed by atoms with Crippen molar-refractivity contribution in [3.63, 3.8) is 0 Å². The summed E-state index contributed by atoms with van der Waals surface area (Å²) in [5.74, 6) is 0.524. The third kappa shape index (κ3) is 5.02. The second-order valence-electron chi connectivity index (χ2n) is 3.92. The maximum atomic E-state index is 10.8. The van der Waals surface area contributed by atoms with Crippen molar-refractivity contribution < 1.29 is 15.0 Å². The van der Waals surface area contributed by atoms with E-state index in [-0.39, 0.29) is 5.12 Å². The minimum Gasteiger partial charge on any atom is -0.390 e. The number of carbonyl (C=O) groups is 1. The number of carbonyl (C=O) groups excluding carboxylic acids is 1. The minimum atomic E-state index is -0.898. The molecule has 1 aromatic rings. The predicted molar refractivity (Wildman–Crippen MR) is 76.9 cm³/mol. The number of hydrogen-bond acceptors (Lipinski definition) is 5. The fourth-order valence-electron chi connectivity index (χ4n) is 1.53. The molecule has 2 unspecified atom stereocenters. The summed E-state index contributed by atoms with van der Waals surface area (Å²) in [6.07, 6.45) is 0.624. The second-order valence-corrected chi connectivity index (χ2v) is 6.07. The Labute approximate surface area is 116 Å². The van der Waals surface area contributed by atoms with Gasteiger partial charge in [0, 0.05) is 17.6 Å². The molecule has 18 heavy (non-hydrogen) atoms. The monoisotopic (exact) mass is 286 g/mol. The number of thioether (sulfide) groups is 2. The van der Waals surface area contributed by atoms with Crippen molar-refractivity contribution in [1.29, 1.82) is 0 Å². The number of aliphatic hydroxyl groups excluding tert-OH is 2. The van der Waals surface area contributed by atoms with Gasteiger partial charge >= 0.3 is 0 Å². The van der Waals surface area contributed by atoms with Crippen LogP contribution in [-0.2, 0) is 4.79 Å². The van der Waals surface area contributed by atoms with E-state index in [1.54, 1.807) is 17.8 Å². The SMILES string of the molecule is CSc1cccc(C(O)C(O)CCSC(C)=O)c1. The van der Waals surface area contributed by atoms with Gasteiger partial charge in [-0.15, -0.1) is 11.8 Å². The zero-order valence-electron chi connectivity index (χ0n) is 10.5. The van der Waals surface area contributed by atoms with E-state index in [1.807, 2.05) is 24.5 Å². The molecule has 2 N–H and O–H groups in total. The summed E-state index contributed by atoms with van der Waals surface area (Å²) in [5, 5.41) is 19.9. The van der Waals surface area contributed by atoms with Crippen molar-refractivity contribution in [3.05, 3.63) is 29.8 Å². The van der Waals surface area contributed by atoms with Crippen molar-refractivity contribution in [2.45, 2.75) is 30.4 Å². The second kappa shape index (κ2) is 7.84. The van der Waals surface area contributed by atoms with E-state index in [4.69, 9.17) is 0 Å². The van der Waals surface area contributed by atoms with Crippen LogP contribution in [0.2, 0.25) is 0 Å². The molecular formula is C13H18O3S2. The number of rotatable bonds is 6. The van der Waals surface area contributed by atoms with Crippen LogP contribution in [0.3, 0.4) is 0 Å². The Morgan fingerprint density at radius 3 is 2.72 bits per heavy atom. The lowest BCUT2D eigenvalue weighted by Crippen LogP contribution is -2.19. The first kappa shape index (κ1) is 15.6. The summed E-state index contributed by atoms with van der Waals surface area (Å²) in [7, 11) is 0. The molecule has 0 spiro atoms. The van der Waals surface area contributed by atoms with Gasteiger partial charge in [-0.1, -0.05) is 23.9 Å². The van der Waals surface area contributed by atoms with Gasteiger partial charge in [-0.2, -0.15) is 0 Å². The molecule has 0 fully saturated rings. The van der Waals surface area contributed by atoms with Crippen LogP contribution < -0.4 is 0 Å². The van der Waals surface area contributed by atoms with E-state index < -0.39 is 12.2 Å². The highest BCUT2D eigenvalue weighted by Gasteiger charge is 2.18. The van der Waals surface area contributed by atoms with Crippen LogP contribution in [0.25, 0.3) is 0 Å². The summed E-state index contributed by atoms with van der Waals surface area (Å²) >= 11 is 2.76. The summed E-state index contributed by atoms with van der Waals surface area (Å²) in [6.45, 7) is 1.50. The third-order valence-corrected chi connectivity index (χ3v) is 4.09. The van der Waals surface area contributed by atoms with E-state index in [1.165, 1.54) is 18.7 Å². The molecule has 0 aromatic heterocycles. The first-order valence-corrected chi connectivity index (χ1v) is 7.89. The van der Waals surface area contributed by atoms with E-state index in [9.17, 15) is 15.0 Å². The van der Waals surface area contributed by atoms with Crippen molar-refractivity contribution in [2.75, 3.05) is 12.0 Å². The fraction of sp³-hybridized carbons (Fsp3) is 0.462. The molecule has 100 valence electrons. The van der Waals surface area contributed by atoms with Crippen LogP contribution in [0, 0.1) is 0 Å². The smallest absolute Gasteiger partial charge is 0.185 e. The zero-order chi connectivity index (χ0) is 13.5. The first-order chi connectivity index (χ1) is 8.54. The van der Waals surface area contributed by atoms with E-state index >= 15 is 0 Å². The Balaban J connectivity index is 2.56. The lowest BCUT2D eigenvalue weighted by atomic mass is 10.0. The van der Waals surface area contributed by atoms with Crippen molar-refractivity contribution >= 4 is 28.6 Å². The molecule has 0 bridgehead atoms. The quantitative estimate of drug-likeness (QED) is 0.787. The van der Waals surface area contributed by atoms with Gasteiger partial charge in [0.2, 0.25) is 0 Å². The van der Waals surface area contributed by atoms with Crippen LogP contribution >= 0.6 is 23.5 Å². The van der Waals surface area contributed by atoms with Gasteiger partial charge in [-0.25, -0.2) is 0 Å². The maximum Gasteiger partial charge on any atom is 0.185 e. The largest absolute Gasteiger partial charge is 0.390 e. The molecular weight excluding hydrogens is 268 g/mol. The van der Waals surface area contributed by atoms with E-state index in [0.29, 0.717) is 17.7 Å². The van der Waals surface area contributed by atoms with Gasteiger partial charge in [-0.05, 0) is 30.4 Å². The standard InChI is InChI=1S/C13H18O3S2/c1-9(14)18-7-6-12(15)13(16)10-4-3-5-11(8-10)17-2/h3-5,8,12-13,15-16H,6-7H2,1-2H3. The molecule has 0 amide bonds. The van der Waals surface area contributed by atoms with Crippen molar-refractivity contribution in [1.82, 2.24) is 0 Å². The Morgan fingerprint density at radius 2 is 2.11 bits per heavy atom. The van der Waals surface area contributed by atoms with E-state index in [2.05, 4.69) is 0 Å². The van der Waals surface area contributed by atoms with Gasteiger partial charge in [0.15, 0.2) is 5.12 Å². The highest BCUT2D eigenvalue weighted by Crippen LogP contribution is 2.24. The number of hydrogen-bond donors (Lipinski definition) is 2. The molecule has 0 saturated heterocycles. The lowest BCUT2D eigenvalue weighted by Gasteiger charge is -2.18.